The van der Waals surface area contributed by atoms with Crippen molar-refractivity contribution in [1.29, 1.82) is 0 Å². The van der Waals surface area contributed by atoms with E-state index in [-0.39, 0.29) is 5.56 Å². The number of hydrogen-bond acceptors (Lipinski definition) is 4. The maximum atomic E-state index is 11.7. The normalized spacial score (nSPS) is 10.8. The first-order chi connectivity index (χ1) is 10.2. The Labute approximate surface area is 128 Å². The van der Waals surface area contributed by atoms with E-state index in [0.29, 0.717) is 42.7 Å². The molecule has 5 nitrogen and oxygen atoms in total. The quantitative estimate of drug-likeness (QED) is 0.765. The number of aromatic amines is 1. The Morgan fingerprint density at radius 1 is 1.38 bits per heavy atom. The predicted molar refractivity (Wildman–Crippen MR) is 82.7 cm³/mol. The second-order valence-corrected chi connectivity index (χ2v) is 5.10. The first kappa shape index (κ1) is 15.7. The first-order valence-corrected chi connectivity index (χ1v) is 7.08. The number of aromatic nitrogens is 2. The van der Waals surface area contributed by atoms with Gasteiger partial charge in [-0.25, -0.2) is 4.98 Å². The zero-order valence-corrected chi connectivity index (χ0v) is 12.6. The van der Waals surface area contributed by atoms with E-state index in [0.717, 1.165) is 5.56 Å². The Morgan fingerprint density at radius 3 is 3.00 bits per heavy atom. The molecule has 0 unspecified atom stereocenters. The van der Waals surface area contributed by atoms with Gasteiger partial charge in [-0.1, -0.05) is 23.7 Å². The molecule has 0 saturated heterocycles. The summed E-state index contributed by atoms with van der Waals surface area (Å²) in [6.45, 7) is 1.88. The lowest BCUT2D eigenvalue weighted by molar-refractivity contribution is 0.199. The van der Waals surface area contributed by atoms with Gasteiger partial charge in [-0.15, -0.1) is 0 Å². The number of nitrogens with one attached hydrogen (secondary N) is 2. The molecule has 1 aromatic heterocycles. The first-order valence-electron chi connectivity index (χ1n) is 6.70. The average Bonchev–Trinajstić information content (AvgIpc) is 2.43. The number of ether oxygens (including phenoxy) is 1. The smallest absolute Gasteiger partial charge is 0.251 e. The summed E-state index contributed by atoms with van der Waals surface area (Å²) in [5, 5.41) is 3.84. The molecule has 0 aliphatic rings. The lowest BCUT2D eigenvalue weighted by atomic mass is 10.1. The summed E-state index contributed by atoms with van der Waals surface area (Å²) in [7, 11) is 1.65. The summed E-state index contributed by atoms with van der Waals surface area (Å²) < 4.78 is 4.95. The molecule has 2 N–H and O–H groups in total. The van der Waals surface area contributed by atoms with Crippen LogP contribution in [0.2, 0.25) is 5.02 Å². The fraction of sp³-hybridized carbons (Fsp3) is 0.333. The van der Waals surface area contributed by atoms with Crippen LogP contribution in [0.5, 0.6) is 0 Å². The molecule has 2 aromatic rings. The van der Waals surface area contributed by atoms with E-state index >= 15 is 0 Å². The van der Waals surface area contributed by atoms with E-state index in [1.807, 2.05) is 24.3 Å². The topological polar surface area (TPSA) is 67.0 Å². The van der Waals surface area contributed by atoms with E-state index < -0.39 is 0 Å². The Kier molecular flexibility index (Phi) is 5.92. The molecule has 1 aromatic carbocycles. The van der Waals surface area contributed by atoms with Crippen LogP contribution in [0.1, 0.15) is 17.1 Å². The number of halogens is 1. The van der Waals surface area contributed by atoms with Crippen LogP contribution < -0.4 is 10.9 Å². The molecule has 0 saturated carbocycles. The molecular formula is C15H18ClN3O2. The highest BCUT2D eigenvalue weighted by atomic mass is 35.5. The van der Waals surface area contributed by atoms with Crippen LogP contribution in [0, 0.1) is 0 Å². The number of nitrogens with zero attached hydrogens (tertiary/aromatic N) is 1. The van der Waals surface area contributed by atoms with Crippen LogP contribution in [0.25, 0.3) is 0 Å². The minimum absolute atomic E-state index is 0.148. The molecule has 6 heteroatoms. The maximum Gasteiger partial charge on any atom is 0.251 e. The van der Waals surface area contributed by atoms with Crippen molar-refractivity contribution in [3.8, 4) is 0 Å². The summed E-state index contributed by atoms with van der Waals surface area (Å²) in [5.41, 5.74) is 1.58. The molecule has 0 fully saturated rings. The van der Waals surface area contributed by atoms with Gasteiger partial charge in [0.25, 0.3) is 5.56 Å². The lowest BCUT2D eigenvalue weighted by Gasteiger charge is -2.06. The molecule has 0 bridgehead atoms. The van der Waals surface area contributed by atoms with Gasteiger partial charge in [0.2, 0.25) is 0 Å². The second kappa shape index (κ2) is 7.93. The van der Waals surface area contributed by atoms with Gasteiger partial charge in [-0.3, -0.25) is 4.79 Å². The average molecular weight is 308 g/mol. The Bertz CT molecular complexity index is 643. The third kappa shape index (κ3) is 5.30. The van der Waals surface area contributed by atoms with Gasteiger partial charge in [-0.05, 0) is 17.7 Å². The minimum atomic E-state index is -0.148. The Morgan fingerprint density at radius 2 is 2.24 bits per heavy atom. The molecule has 2 rings (SSSR count). The molecule has 0 aliphatic carbocycles. The van der Waals surface area contributed by atoms with Gasteiger partial charge < -0.3 is 15.0 Å². The van der Waals surface area contributed by atoms with Gasteiger partial charge >= 0.3 is 0 Å². The summed E-state index contributed by atoms with van der Waals surface area (Å²) in [6, 6.07) is 9.02. The zero-order chi connectivity index (χ0) is 15.1. The third-order valence-corrected chi connectivity index (χ3v) is 3.13. The highest BCUT2D eigenvalue weighted by molar-refractivity contribution is 6.30. The van der Waals surface area contributed by atoms with E-state index in [2.05, 4.69) is 15.3 Å². The van der Waals surface area contributed by atoms with Crippen molar-refractivity contribution in [3.63, 3.8) is 0 Å². The highest BCUT2D eigenvalue weighted by Gasteiger charge is 2.03. The largest absolute Gasteiger partial charge is 0.383 e. The third-order valence-electron chi connectivity index (χ3n) is 2.89. The monoisotopic (exact) mass is 307 g/mol. The Hall–Kier alpha value is -1.69. The van der Waals surface area contributed by atoms with Crippen molar-refractivity contribution < 1.29 is 4.74 Å². The zero-order valence-electron chi connectivity index (χ0n) is 11.9. The van der Waals surface area contributed by atoms with Crippen molar-refractivity contribution in [2.75, 3.05) is 20.3 Å². The van der Waals surface area contributed by atoms with Crippen LogP contribution in [0.3, 0.4) is 0 Å². The highest BCUT2D eigenvalue weighted by Crippen LogP contribution is 2.12. The minimum Gasteiger partial charge on any atom is -0.383 e. The van der Waals surface area contributed by atoms with Crippen molar-refractivity contribution in [3.05, 3.63) is 62.8 Å². The molecule has 21 heavy (non-hydrogen) atoms. The van der Waals surface area contributed by atoms with Crippen LogP contribution >= 0.6 is 11.6 Å². The lowest BCUT2D eigenvalue weighted by Crippen LogP contribution is -2.22. The van der Waals surface area contributed by atoms with Crippen molar-refractivity contribution in [2.24, 2.45) is 0 Å². The molecule has 1 heterocycles. The number of benzene rings is 1. The van der Waals surface area contributed by atoms with Crippen LogP contribution in [-0.2, 0) is 17.7 Å². The number of hydrogen-bond donors (Lipinski definition) is 2. The molecular weight excluding hydrogens is 290 g/mol. The summed E-state index contributed by atoms with van der Waals surface area (Å²) in [4.78, 5) is 18.9. The Balaban J connectivity index is 2.06. The second-order valence-electron chi connectivity index (χ2n) is 4.66. The van der Waals surface area contributed by atoms with Gasteiger partial charge in [-0.2, -0.15) is 0 Å². The fourth-order valence-electron chi connectivity index (χ4n) is 1.97. The summed E-state index contributed by atoms with van der Waals surface area (Å²) in [5.74, 6) is 0.633. The molecule has 0 aliphatic heterocycles. The number of rotatable bonds is 7. The maximum absolute atomic E-state index is 11.7. The van der Waals surface area contributed by atoms with E-state index in [1.54, 1.807) is 7.11 Å². The SMILES string of the molecule is COCCNCc1cc(=O)[nH]c(Cc2cccc(Cl)c2)n1. The van der Waals surface area contributed by atoms with Crippen molar-refractivity contribution in [2.45, 2.75) is 13.0 Å². The standard InChI is InChI=1S/C15H18ClN3O2/c1-21-6-5-17-10-13-9-15(20)19-14(18-13)8-11-3-2-4-12(16)7-11/h2-4,7,9,17H,5-6,8,10H2,1H3,(H,18,19,20). The van der Waals surface area contributed by atoms with Gasteiger partial charge in [0.1, 0.15) is 5.82 Å². The van der Waals surface area contributed by atoms with E-state index in [4.69, 9.17) is 16.3 Å². The van der Waals surface area contributed by atoms with Crippen LogP contribution in [0.15, 0.2) is 35.1 Å². The summed E-state index contributed by atoms with van der Waals surface area (Å²) in [6.07, 6.45) is 0.543. The van der Waals surface area contributed by atoms with Crippen LogP contribution in [0.4, 0.5) is 0 Å². The van der Waals surface area contributed by atoms with Gasteiger partial charge in [0, 0.05) is 37.7 Å². The van der Waals surface area contributed by atoms with E-state index in [9.17, 15) is 4.79 Å². The van der Waals surface area contributed by atoms with Gasteiger partial charge in [0.15, 0.2) is 0 Å². The van der Waals surface area contributed by atoms with Crippen molar-refractivity contribution in [1.82, 2.24) is 15.3 Å². The van der Waals surface area contributed by atoms with Gasteiger partial charge in [0.05, 0.1) is 12.3 Å². The molecule has 0 amide bonds. The molecule has 0 spiro atoms. The van der Waals surface area contributed by atoms with E-state index in [1.165, 1.54) is 6.07 Å². The van der Waals surface area contributed by atoms with Crippen molar-refractivity contribution >= 4 is 11.6 Å². The summed E-state index contributed by atoms with van der Waals surface area (Å²) >= 11 is 5.96. The fourth-order valence-corrected chi connectivity index (χ4v) is 2.18. The molecule has 0 atom stereocenters. The molecule has 112 valence electrons. The number of H-pyrrole nitrogens is 1. The van der Waals surface area contributed by atoms with Crippen LogP contribution in [-0.4, -0.2) is 30.2 Å². The predicted octanol–water partition coefficient (Wildman–Crippen LogP) is 1.75. The molecule has 0 radical (unpaired) electrons. The number of methoxy groups -OCH3 is 1.